The first-order valence-electron chi connectivity index (χ1n) is 4.14. The van der Waals surface area contributed by atoms with Crippen LogP contribution in [0.5, 0.6) is 0 Å². The molecule has 1 aliphatic heterocycles. The quantitative estimate of drug-likeness (QED) is 0.656. The Morgan fingerprint density at radius 1 is 1.67 bits per heavy atom. The lowest BCUT2D eigenvalue weighted by Crippen LogP contribution is -2.38. The standard InChI is InChI=1S/C8H17NO3/c1-8(2,11-3)6-9-4-7(10)5-12-9/h7,10H,4-6H2,1-3H3. The van der Waals surface area contributed by atoms with Crippen LogP contribution in [0.25, 0.3) is 0 Å². The fourth-order valence-electron chi connectivity index (χ4n) is 1.13. The largest absolute Gasteiger partial charge is 0.389 e. The first kappa shape index (κ1) is 9.92. The Morgan fingerprint density at radius 2 is 2.33 bits per heavy atom. The van der Waals surface area contributed by atoms with Crippen molar-refractivity contribution in [2.75, 3.05) is 26.8 Å². The van der Waals surface area contributed by atoms with E-state index in [0.717, 1.165) is 0 Å². The highest BCUT2D eigenvalue weighted by molar-refractivity contribution is 4.74. The van der Waals surface area contributed by atoms with E-state index in [0.29, 0.717) is 19.7 Å². The molecule has 1 unspecified atom stereocenters. The number of hydrogen-bond acceptors (Lipinski definition) is 4. The summed E-state index contributed by atoms with van der Waals surface area (Å²) in [5.74, 6) is 0. The molecule has 12 heavy (non-hydrogen) atoms. The maximum Gasteiger partial charge on any atom is 0.0958 e. The van der Waals surface area contributed by atoms with Crippen LogP contribution < -0.4 is 0 Å². The van der Waals surface area contributed by atoms with Gasteiger partial charge in [-0.15, -0.1) is 0 Å². The van der Waals surface area contributed by atoms with Crippen molar-refractivity contribution >= 4 is 0 Å². The molecule has 0 amide bonds. The number of aliphatic hydroxyl groups excluding tert-OH is 1. The molecule has 0 radical (unpaired) electrons. The van der Waals surface area contributed by atoms with E-state index in [1.165, 1.54) is 0 Å². The van der Waals surface area contributed by atoms with E-state index in [2.05, 4.69) is 0 Å². The molecule has 0 saturated carbocycles. The van der Waals surface area contributed by atoms with Gasteiger partial charge in [-0.05, 0) is 13.8 Å². The van der Waals surface area contributed by atoms with Gasteiger partial charge in [0.05, 0.1) is 31.4 Å². The number of methoxy groups -OCH3 is 1. The molecule has 4 heteroatoms. The van der Waals surface area contributed by atoms with Gasteiger partial charge >= 0.3 is 0 Å². The molecule has 0 aromatic carbocycles. The Hall–Kier alpha value is -0.160. The van der Waals surface area contributed by atoms with Gasteiger partial charge in [0, 0.05) is 7.11 Å². The maximum atomic E-state index is 9.16. The lowest BCUT2D eigenvalue weighted by Gasteiger charge is -2.27. The Labute approximate surface area is 73.0 Å². The number of aliphatic hydroxyl groups is 1. The van der Waals surface area contributed by atoms with E-state index in [9.17, 15) is 0 Å². The van der Waals surface area contributed by atoms with Crippen molar-refractivity contribution in [3.8, 4) is 0 Å². The molecule has 1 atom stereocenters. The van der Waals surface area contributed by atoms with Crippen LogP contribution in [0.4, 0.5) is 0 Å². The molecule has 0 aromatic rings. The molecule has 0 bridgehead atoms. The summed E-state index contributed by atoms with van der Waals surface area (Å²) in [6, 6.07) is 0. The van der Waals surface area contributed by atoms with Crippen molar-refractivity contribution in [2.24, 2.45) is 0 Å². The third-order valence-electron chi connectivity index (χ3n) is 1.97. The molecular weight excluding hydrogens is 158 g/mol. The van der Waals surface area contributed by atoms with Crippen LogP contribution in [0.15, 0.2) is 0 Å². The zero-order valence-corrected chi connectivity index (χ0v) is 7.91. The summed E-state index contributed by atoms with van der Waals surface area (Å²) < 4.78 is 5.23. The normalized spacial score (nSPS) is 26.5. The molecule has 0 spiro atoms. The molecule has 1 heterocycles. The summed E-state index contributed by atoms with van der Waals surface area (Å²) in [5, 5.41) is 10.9. The van der Waals surface area contributed by atoms with E-state index in [-0.39, 0.29) is 11.7 Å². The predicted octanol–water partition coefficient (Wildman–Crippen LogP) is 0.0195. The summed E-state index contributed by atoms with van der Waals surface area (Å²) in [6.07, 6.45) is -0.349. The van der Waals surface area contributed by atoms with Gasteiger partial charge in [0.25, 0.3) is 0 Å². The minimum atomic E-state index is -0.349. The summed E-state index contributed by atoms with van der Waals surface area (Å²) in [4.78, 5) is 5.21. The highest BCUT2D eigenvalue weighted by atomic mass is 16.7. The number of rotatable bonds is 3. The molecule has 1 fully saturated rings. The second-order valence-corrected chi connectivity index (χ2v) is 3.74. The van der Waals surface area contributed by atoms with Crippen molar-refractivity contribution in [1.82, 2.24) is 5.06 Å². The van der Waals surface area contributed by atoms with Gasteiger partial charge in [0.15, 0.2) is 0 Å². The van der Waals surface area contributed by atoms with Crippen LogP contribution in [0, 0.1) is 0 Å². The zero-order valence-electron chi connectivity index (χ0n) is 7.91. The molecule has 4 nitrogen and oxygen atoms in total. The van der Waals surface area contributed by atoms with Gasteiger partial charge in [0.2, 0.25) is 0 Å². The van der Waals surface area contributed by atoms with Crippen molar-refractivity contribution in [2.45, 2.75) is 25.6 Å². The van der Waals surface area contributed by atoms with Gasteiger partial charge in [-0.2, -0.15) is 5.06 Å². The van der Waals surface area contributed by atoms with Gasteiger partial charge in [0.1, 0.15) is 0 Å². The Balaban J connectivity index is 2.32. The predicted molar refractivity (Wildman–Crippen MR) is 44.6 cm³/mol. The molecule has 0 aliphatic carbocycles. The van der Waals surface area contributed by atoms with Crippen LogP contribution >= 0.6 is 0 Å². The minimum Gasteiger partial charge on any atom is -0.389 e. The fraction of sp³-hybridized carbons (Fsp3) is 1.00. The number of β-amino-alcohol motifs (C(OH)–C–C–N with tert-alkyl or cyclic N) is 1. The van der Waals surface area contributed by atoms with Crippen LogP contribution in [0.3, 0.4) is 0 Å². The van der Waals surface area contributed by atoms with E-state index in [1.54, 1.807) is 12.2 Å². The molecule has 1 aliphatic rings. The van der Waals surface area contributed by atoms with Crippen molar-refractivity contribution in [1.29, 1.82) is 0 Å². The molecule has 1 saturated heterocycles. The lowest BCUT2D eigenvalue weighted by molar-refractivity contribution is -0.150. The third-order valence-corrected chi connectivity index (χ3v) is 1.97. The Kier molecular flexibility index (Phi) is 3.06. The van der Waals surface area contributed by atoms with E-state index < -0.39 is 0 Å². The molecular formula is C8H17NO3. The van der Waals surface area contributed by atoms with Crippen molar-refractivity contribution in [3.63, 3.8) is 0 Å². The summed E-state index contributed by atoms with van der Waals surface area (Å²) in [7, 11) is 1.67. The van der Waals surface area contributed by atoms with Crippen LogP contribution in [-0.2, 0) is 9.57 Å². The smallest absolute Gasteiger partial charge is 0.0958 e. The van der Waals surface area contributed by atoms with E-state index in [4.69, 9.17) is 14.7 Å². The molecule has 0 aromatic heterocycles. The second kappa shape index (κ2) is 3.70. The van der Waals surface area contributed by atoms with Gasteiger partial charge in [-0.1, -0.05) is 0 Å². The average Bonchev–Trinajstić information content (AvgIpc) is 2.35. The number of ether oxygens (including phenoxy) is 1. The number of nitrogens with zero attached hydrogens (tertiary/aromatic N) is 1. The van der Waals surface area contributed by atoms with Gasteiger partial charge < -0.3 is 9.84 Å². The third kappa shape index (κ3) is 2.71. The lowest BCUT2D eigenvalue weighted by atomic mass is 10.1. The van der Waals surface area contributed by atoms with Gasteiger partial charge in [-0.25, -0.2) is 0 Å². The van der Waals surface area contributed by atoms with Gasteiger partial charge in [-0.3, -0.25) is 4.84 Å². The highest BCUT2D eigenvalue weighted by Crippen LogP contribution is 2.14. The molecule has 72 valence electrons. The Morgan fingerprint density at radius 3 is 2.75 bits per heavy atom. The fourth-order valence-corrected chi connectivity index (χ4v) is 1.13. The topological polar surface area (TPSA) is 41.9 Å². The Bertz CT molecular complexity index is 149. The van der Waals surface area contributed by atoms with Crippen LogP contribution in [0.1, 0.15) is 13.8 Å². The molecule has 1 N–H and O–H groups in total. The monoisotopic (exact) mass is 175 g/mol. The zero-order chi connectivity index (χ0) is 9.19. The minimum absolute atomic E-state index is 0.218. The summed E-state index contributed by atoms with van der Waals surface area (Å²) >= 11 is 0. The van der Waals surface area contributed by atoms with Crippen molar-refractivity contribution in [3.05, 3.63) is 0 Å². The van der Waals surface area contributed by atoms with Crippen molar-refractivity contribution < 1.29 is 14.7 Å². The first-order chi connectivity index (χ1) is 5.53. The van der Waals surface area contributed by atoms with Crippen LogP contribution in [0.2, 0.25) is 0 Å². The van der Waals surface area contributed by atoms with E-state index >= 15 is 0 Å². The van der Waals surface area contributed by atoms with E-state index in [1.807, 2.05) is 13.8 Å². The number of hydrogen-bond donors (Lipinski definition) is 1. The first-order valence-corrected chi connectivity index (χ1v) is 4.14. The van der Waals surface area contributed by atoms with Crippen LogP contribution in [-0.4, -0.2) is 48.7 Å². The SMILES string of the molecule is COC(C)(C)CN1CC(O)CO1. The number of hydroxylamine groups is 2. The maximum absolute atomic E-state index is 9.16. The summed E-state index contributed by atoms with van der Waals surface area (Å²) in [6.45, 7) is 5.63. The molecule has 1 rings (SSSR count). The highest BCUT2D eigenvalue weighted by Gasteiger charge is 2.27. The second-order valence-electron chi connectivity index (χ2n) is 3.74. The average molecular weight is 175 g/mol. The summed E-state index contributed by atoms with van der Waals surface area (Å²) in [5.41, 5.74) is -0.218.